The van der Waals surface area contributed by atoms with E-state index in [1.165, 1.54) is 5.56 Å². The van der Waals surface area contributed by atoms with Crippen LogP contribution in [0, 0.1) is 20.8 Å². The van der Waals surface area contributed by atoms with Crippen LogP contribution < -0.4 is 10.6 Å². The van der Waals surface area contributed by atoms with Crippen molar-refractivity contribution in [3.05, 3.63) is 52.8 Å². The lowest BCUT2D eigenvalue weighted by Crippen LogP contribution is -2.35. The molecule has 1 unspecified atom stereocenters. The lowest BCUT2D eigenvalue weighted by atomic mass is 10.2. The quantitative estimate of drug-likeness (QED) is 0.799. The lowest BCUT2D eigenvalue weighted by Gasteiger charge is -2.12. The van der Waals surface area contributed by atoms with Crippen molar-refractivity contribution in [1.29, 1.82) is 0 Å². The van der Waals surface area contributed by atoms with E-state index in [-0.39, 0.29) is 24.3 Å². The van der Waals surface area contributed by atoms with Gasteiger partial charge in [0.15, 0.2) is 0 Å². The van der Waals surface area contributed by atoms with Crippen molar-refractivity contribution in [2.45, 2.75) is 53.5 Å². The number of carbonyl (C=O) groups is 2. The Morgan fingerprint density at radius 3 is 2.54 bits per heavy atom. The van der Waals surface area contributed by atoms with Crippen molar-refractivity contribution >= 4 is 11.8 Å². The maximum absolute atomic E-state index is 12.5. The zero-order valence-electron chi connectivity index (χ0n) is 16.3. The Bertz CT molecular complexity index is 793. The summed E-state index contributed by atoms with van der Waals surface area (Å²) in [7, 11) is 0. The van der Waals surface area contributed by atoms with Crippen LogP contribution in [0.4, 0.5) is 0 Å². The van der Waals surface area contributed by atoms with Gasteiger partial charge in [-0.15, -0.1) is 0 Å². The van der Waals surface area contributed by atoms with E-state index in [1.54, 1.807) is 0 Å². The minimum Gasteiger partial charge on any atom is -0.354 e. The number of hydrogen-bond acceptors (Lipinski definition) is 2. The monoisotopic (exact) mass is 355 g/mol. The number of nitrogens with zero attached hydrogens (tertiary/aromatic N) is 1. The van der Waals surface area contributed by atoms with E-state index in [0.717, 1.165) is 23.5 Å². The predicted octanol–water partition coefficient (Wildman–Crippen LogP) is 3.44. The second kappa shape index (κ2) is 8.70. The predicted molar refractivity (Wildman–Crippen MR) is 105 cm³/mol. The second-order valence-electron chi connectivity index (χ2n) is 6.84. The molecular formula is C21H29N3O2. The molecule has 140 valence electrons. The fourth-order valence-electron chi connectivity index (χ4n) is 2.99. The van der Waals surface area contributed by atoms with Gasteiger partial charge in [-0.1, -0.05) is 19.1 Å². The highest BCUT2D eigenvalue weighted by Crippen LogP contribution is 2.21. The summed E-state index contributed by atoms with van der Waals surface area (Å²) >= 11 is 0. The number of rotatable bonds is 7. The van der Waals surface area contributed by atoms with Crippen molar-refractivity contribution in [2.75, 3.05) is 6.54 Å². The van der Waals surface area contributed by atoms with Crippen molar-refractivity contribution < 1.29 is 9.59 Å². The van der Waals surface area contributed by atoms with Crippen molar-refractivity contribution in [3.8, 4) is 5.69 Å². The molecule has 0 aliphatic carbocycles. The number of carbonyl (C=O) groups excluding carboxylic acids is 2. The van der Waals surface area contributed by atoms with Crippen LogP contribution in [-0.4, -0.2) is 29.0 Å². The van der Waals surface area contributed by atoms with Crippen LogP contribution >= 0.6 is 0 Å². The van der Waals surface area contributed by atoms with Crippen LogP contribution in [-0.2, 0) is 4.79 Å². The van der Waals surface area contributed by atoms with E-state index in [1.807, 2.05) is 45.9 Å². The van der Waals surface area contributed by atoms with Gasteiger partial charge in [-0.3, -0.25) is 9.59 Å². The van der Waals surface area contributed by atoms with Crippen LogP contribution in [0.1, 0.15) is 54.0 Å². The maximum atomic E-state index is 12.5. The topological polar surface area (TPSA) is 63.1 Å². The summed E-state index contributed by atoms with van der Waals surface area (Å²) in [5.74, 6) is -0.182. The van der Waals surface area contributed by atoms with Gasteiger partial charge < -0.3 is 15.2 Å². The molecule has 0 bridgehead atoms. The molecule has 2 aromatic rings. The molecule has 26 heavy (non-hydrogen) atoms. The minimum atomic E-state index is -0.145. The second-order valence-corrected chi connectivity index (χ2v) is 6.84. The van der Waals surface area contributed by atoms with Gasteiger partial charge in [-0.25, -0.2) is 0 Å². The van der Waals surface area contributed by atoms with Gasteiger partial charge in [0, 0.05) is 36.1 Å². The molecule has 0 fully saturated rings. The molecule has 0 aliphatic rings. The van der Waals surface area contributed by atoms with Crippen LogP contribution in [0.3, 0.4) is 0 Å². The van der Waals surface area contributed by atoms with Gasteiger partial charge in [0.05, 0.1) is 5.56 Å². The zero-order chi connectivity index (χ0) is 19.3. The highest BCUT2D eigenvalue weighted by molar-refractivity contribution is 5.96. The van der Waals surface area contributed by atoms with Crippen molar-refractivity contribution in [2.24, 2.45) is 0 Å². The molecule has 0 spiro atoms. The summed E-state index contributed by atoms with van der Waals surface area (Å²) in [5.41, 5.74) is 4.77. The van der Waals surface area contributed by atoms with Gasteiger partial charge in [0.2, 0.25) is 5.91 Å². The first-order valence-electron chi connectivity index (χ1n) is 9.17. The third kappa shape index (κ3) is 4.75. The van der Waals surface area contributed by atoms with E-state index >= 15 is 0 Å². The minimum absolute atomic E-state index is 0.0371. The fourth-order valence-corrected chi connectivity index (χ4v) is 2.99. The molecule has 1 aromatic carbocycles. The summed E-state index contributed by atoms with van der Waals surface area (Å²) in [6.07, 6.45) is 1.18. The van der Waals surface area contributed by atoms with E-state index in [9.17, 15) is 9.59 Å². The third-order valence-electron chi connectivity index (χ3n) is 4.59. The Balaban J connectivity index is 2.04. The number of benzene rings is 1. The number of aryl methyl sites for hydroxylation is 2. The maximum Gasteiger partial charge on any atom is 0.253 e. The van der Waals surface area contributed by atoms with Gasteiger partial charge in [0.25, 0.3) is 5.91 Å². The summed E-state index contributed by atoms with van der Waals surface area (Å²) in [5, 5.41) is 5.75. The zero-order valence-corrected chi connectivity index (χ0v) is 16.3. The number of nitrogens with one attached hydrogen (secondary N) is 2. The first-order valence-corrected chi connectivity index (χ1v) is 9.17. The van der Waals surface area contributed by atoms with E-state index in [0.29, 0.717) is 12.1 Å². The molecule has 2 amide bonds. The summed E-state index contributed by atoms with van der Waals surface area (Å²) in [6.45, 7) is 10.3. The average molecular weight is 355 g/mol. The summed E-state index contributed by atoms with van der Waals surface area (Å²) in [6, 6.07) is 10.3. The van der Waals surface area contributed by atoms with E-state index in [4.69, 9.17) is 0 Å². The molecule has 0 radical (unpaired) electrons. The standard InChI is InChI=1S/C21H29N3O2/c1-6-15(3)23-20(25)10-11-22-21(26)19-13-16(4)24(17(19)5)18-9-7-8-14(2)12-18/h7-9,12-13,15H,6,10-11H2,1-5H3,(H,22,26)(H,23,25). The van der Waals surface area contributed by atoms with E-state index < -0.39 is 0 Å². The molecule has 1 atom stereocenters. The van der Waals surface area contributed by atoms with E-state index in [2.05, 4.69) is 34.3 Å². The van der Waals surface area contributed by atoms with Crippen LogP contribution in [0.15, 0.2) is 30.3 Å². The van der Waals surface area contributed by atoms with Gasteiger partial charge in [-0.05, 0) is 57.9 Å². The van der Waals surface area contributed by atoms with Gasteiger partial charge >= 0.3 is 0 Å². The molecule has 0 saturated carbocycles. The smallest absolute Gasteiger partial charge is 0.253 e. The molecule has 5 nitrogen and oxygen atoms in total. The molecule has 2 rings (SSSR count). The van der Waals surface area contributed by atoms with Gasteiger partial charge in [0.1, 0.15) is 0 Å². The Labute approximate surface area is 155 Å². The molecular weight excluding hydrogens is 326 g/mol. The van der Waals surface area contributed by atoms with Crippen molar-refractivity contribution in [1.82, 2.24) is 15.2 Å². The average Bonchev–Trinajstić information content (AvgIpc) is 2.89. The highest BCUT2D eigenvalue weighted by atomic mass is 16.2. The first kappa shape index (κ1) is 19.8. The number of amides is 2. The fraction of sp³-hybridized carbons (Fsp3) is 0.429. The van der Waals surface area contributed by atoms with Crippen LogP contribution in [0.2, 0.25) is 0 Å². The van der Waals surface area contributed by atoms with Crippen LogP contribution in [0.25, 0.3) is 5.69 Å². The highest BCUT2D eigenvalue weighted by Gasteiger charge is 2.17. The molecule has 0 aliphatic heterocycles. The number of hydrogen-bond donors (Lipinski definition) is 2. The third-order valence-corrected chi connectivity index (χ3v) is 4.59. The lowest BCUT2D eigenvalue weighted by molar-refractivity contribution is -0.121. The van der Waals surface area contributed by atoms with Crippen molar-refractivity contribution in [3.63, 3.8) is 0 Å². The summed E-state index contributed by atoms with van der Waals surface area (Å²) < 4.78 is 2.08. The molecule has 1 aromatic heterocycles. The molecule has 5 heteroatoms. The molecule has 1 heterocycles. The normalized spacial score (nSPS) is 11.9. The Morgan fingerprint density at radius 2 is 1.88 bits per heavy atom. The molecule has 0 saturated heterocycles. The largest absolute Gasteiger partial charge is 0.354 e. The molecule has 2 N–H and O–H groups in total. The number of aromatic nitrogens is 1. The SMILES string of the molecule is CCC(C)NC(=O)CCNC(=O)c1cc(C)n(-c2cccc(C)c2)c1C. The Hall–Kier alpha value is -2.56. The Kier molecular flexibility index (Phi) is 6.61. The Morgan fingerprint density at radius 1 is 1.15 bits per heavy atom. The first-order chi connectivity index (χ1) is 12.3. The van der Waals surface area contributed by atoms with Crippen LogP contribution in [0.5, 0.6) is 0 Å². The van der Waals surface area contributed by atoms with Gasteiger partial charge in [-0.2, -0.15) is 0 Å². The summed E-state index contributed by atoms with van der Waals surface area (Å²) in [4.78, 5) is 24.3.